The van der Waals surface area contributed by atoms with Gasteiger partial charge in [0.15, 0.2) is 5.96 Å². The average molecular weight is 493 g/mol. The first kappa shape index (κ1) is 20.8. The van der Waals surface area contributed by atoms with Gasteiger partial charge in [0, 0.05) is 31.1 Å². The van der Waals surface area contributed by atoms with Crippen molar-refractivity contribution in [3.63, 3.8) is 0 Å². The second-order valence-electron chi connectivity index (χ2n) is 7.16. The quantitative estimate of drug-likeness (QED) is 0.359. The average Bonchev–Trinajstić information content (AvgIpc) is 3.55. The molecule has 0 bridgehead atoms. The van der Waals surface area contributed by atoms with Gasteiger partial charge in [-0.3, -0.25) is 4.99 Å². The Balaban J connectivity index is 0.00000225. The van der Waals surface area contributed by atoms with Gasteiger partial charge < -0.3 is 20.1 Å². The molecule has 1 unspecified atom stereocenters. The first-order valence-electron chi connectivity index (χ1n) is 9.73. The van der Waals surface area contributed by atoms with Crippen LogP contribution in [0.1, 0.15) is 36.4 Å². The van der Waals surface area contributed by atoms with Crippen LogP contribution < -0.4 is 20.1 Å². The van der Waals surface area contributed by atoms with Gasteiger partial charge in [-0.1, -0.05) is 36.4 Å². The van der Waals surface area contributed by atoms with Crippen molar-refractivity contribution in [2.24, 2.45) is 10.9 Å². The number of para-hydroxylation sites is 2. The minimum absolute atomic E-state index is 0. The van der Waals surface area contributed by atoms with E-state index in [1.165, 1.54) is 18.4 Å². The van der Waals surface area contributed by atoms with Crippen molar-refractivity contribution >= 4 is 29.9 Å². The number of hydrogen-bond acceptors (Lipinski definition) is 3. The van der Waals surface area contributed by atoms with Crippen LogP contribution in [0.5, 0.6) is 11.5 Å². The summed E-state index contributed by atoms with van der Waals surface area (Å²) in [5, 5.41) is 6.96. The van der Waals surface area contributed by atoms with Gasteiger partial charge in [-0.2, -0.15) is 0 Å². The number of nitrogens with one attached hydrogen (secondary N) is 2. The molecular weight excluding hydrogens is 465 g/mol. The summed E-state index contributed by atoms with van der Waals surface area (Å²) < 4.78 is 11.8. The smallest absolute Gasteiger partial charge is 0.191 e. The largest absolute Gasteiger partial charge is 0.493 e. The Hall–Kier alpha value is -1.96. The highest BCUT2D eigenvalue weighted by Crippen LogP contribution is 2.32. The fourth-order valence-electron chi connectivity index (χ4n) is 3.31. The number of guanidine groups is 1. The minimum atomic E-state index is 0. The Morgan fingerprint density at radius 1 is 1.11 bits per heavy atom. The van der Waals surface area contributed by atoms with Crippen LogP contribution in [-0.4, -0.2) is 26.2 Å². The van der Waals surface area contributed by atoms with Crippen LogP contribution in [0.15, 0.2) is 53.5 Å². The number of halogens is 1. The van der Waals surface area contributed by atoms with Gasteiger partial charge in [0.2, 0.25) is 0 Å². The summed E-state index contributed by atoms with van der Waals surface area (Å²) in [5.41, 5.74) is 2.33. The summed E-state index contributed by atoms with van der Waals surface area (Å²) in [6.07, 6.45) is 3.51. The lowest BCUT2D eigenvalue weighted by atomic mass is 10.0. The normalized spacial score (nSPS) is 18.3. The van der Waals surface area contributed by atoms with E-state index >= 15 is 0 Å². The maximum absolute atomic E-state index is 6.01. The van der Waals surface area contributed by atoms with E-state index in [-0.39, 0.29) is 30.0 Å². The summed E-state index contributed by atoms with van der Waals surface area (Å²) >= 11 is 0. The molecule has 28 heavy (non-hydrogen) atoms. The summed E-state index contributed by atoms with van der Waals surface area (Å²) in [4.78, 5) is 4.40. The molecule has 2 aromatic carbocycles. The molecule has 2 N–H and O–H groups in total. The molecule has 4 rings (SSSR count). The third kappa shape index (κ3) is 5.31. The van der Waals surface area contributed by atoms with Gasteiger partial charge in [-0.25, -0.2) is 0 Å². The standard InChI is InChI=1S/C22H27N3O2.HI/c1-23-22(25-19-12-13-26-21-9-5-3-7-18(19)21)24-14-17-6-2-4-8-20(17)27-15-16-10-11-16;/h2-9,16,19H,10-15H2,1H3,(H2,23,24,25);1H. The summed E-state index contributed by atoms with van der Waals surface area (Å²) in [6.45, 7) is 2.21. The van der Waals surface area contributed by atoms with Crippen molar-refractivity contribution in [2.45, 2.75) is 31.8 Å². The zero-order chi connectivity index (χ0) is 18.5. The molecule has 1 atom stereocenters. The number of rotatable bonds is 6. The molecule has 6 heteroatoms. The first-order valence-corrected chi connectivity index (χ1v) is 9.73. The number of nitrogens with zero attached hydrogens (tertiary/aromatic N) is 1. The van der Waals surface area contributed by atoms with E-state index in [1.54, 1.807) is 7.05 Å². The Morgan fingerprint density at radius 2 is 1.89 bits per heavy atom. The lowest BCUT2D eigenvalue weighted by molar-refractivity contribution is 0.261. The van der Waals surface area contributed by atoms with Gasteiger partial charge in [0.25, 0.3) is 0 Å². The predicted octanol–water partition coefficient (Wildman–Crippen LogP) is 4.28. The van der Waals surface area contributed by atoms with Crippen LogP contribution in [-0.2, 0) is 6.54 Å². The van der Waals surface area contributed by atoms with Crippen LogP contribution in [0.4, 0.5) is 0 Å². The Bertz CT molecular complexity index is 808. The maximum Gasteiger partial charge on any atom is 0.191 e. The fraction of sp³-hybridized carbons (Fsp3) is 0.409. The molecule has 0 radical (unpaired) electrons. The molecule has 150 valence electrons. The molecular formula is C22H28IN3O2. The molecule has 5 nitrogen and oxygen atoms in total. The third-order valence-electron chi connectivity index (χ3n) is 5.08. The highest BCUT2D eigenvalue weighted by molar-refractivity contribution is 14.0. The fourth-order valence-corrected chi connectivity index (χ4v) is 3.31. The second kappa shape index (κ2) is 10.0. The number of ether oxygens (including phenoxy) is 2. The van der Waals surface area contributed by atoms with Crippen molar-refractivity contribution in [2.75, 3.05) is 20.3 Å². The van der Waals surface area contributed by atoms with Crippen LogP contribution in [0, 0.1) is 5.92 Å². The van der Waals surface area contributed by atoms with E-state index in [0.717, 1.165) is 42.0 Å². The monoisotopic (exact) mass is 493 g/mol. The highest BCUT2D eigenvalue weighted by Gasteiger charge is 2.23. The van der Waals surface area contributed by atoms with Crippen molar-refractivity contribution in [3.8, 4) is 11.5 Å². The molecule has 1 saturated carbocycles. The summed E-state index contributed by atoms with van der Waals surface area (Å²) in [7, 11) is 1.80. The van der Waals surface area contributed by atoms with Crippen molar-refractivity contribution in [1.29, 1.82) is 0 Å². The second-order valence-corrected chi connectivity index (χ2v) is 7.16. The Kier molecular flexibility index (Phi) is 7.42. The lowest BCUT2D eigenvalue weighted by Crippen LogP contribution is -2.40. The maximum atomic E-state index is 6.01. The molecule has 0 amide bonds. The van der Waals surface area contributed by atoms with Gasteiger partial charge in [0.1, 0.15) is 11.5 Å². The van der Waals surface area contributed by atoms with Crippen LogP contribution >= 0.6 is 24.0 Å². The van der Waals surface area contributed by atoms with E-state index in [2.05, 4.69) is 27.8 Å². The summed E-state index contributed by atoms with van der Waals surface area (Å²) in [6, 6.07) is 16.6. The molecule has 1 aliphatic carbocycles. The zero-order valence-electron chi connectivity index (χ0n) is 16.2. The predicted molar refractivity (Wildman–Crippen MR) is 123 cm³/mol. The van der Waals surface area contributed by atoms with Crippen LogP contribution in [0.2, 0.25) is 0 Å². The number of benzene rings is 2. The van der Waals surface area contributed by atoms with E-state index in [0.29, 0.717) is 13.2 Å². The topological polar surface area (TPSA) is 54.9 Å². The molecule has 1 heterocycles. The van der Waals surface area contributed by atoms with E-state index in [1.807, 2.05) is 36.4 Å². The van der Waals surface area contributed by atoms with Crippen molar-refractivity contribution in [1.82, 2.24) is 10.6 Å². The molecule has 2 aromatic rings. The van der Waals surface area contributed by atoms with E-state index in [9.17, 15) is 0 Å². The molecule has 2 aliphatic rings. The number of hydrogen-bond donors (Lipinski definition) is 2. The summed E-state index contributed by atoms with van der Waals surface area (Å²) in [5.74, 6) is 3.45. The molecule has 0 spiro atoms. The van der Waals surface area contributed by atoms with Crippen LogP contribution in [0.3, 0.4) is 0 Å². The Labute approximate surface area is 183 Å². The van der Waals surface area contributed by atoms with Gasteiger partial charge >= 0.3 is 0 Å². The first-order chi connectivity index (χ1) is 13.3. The van der Waals surface area contributed by atoms with Crippen molar-refractivity contribution in [3.05, 3.63) is 59.7 Å². The van der Waals surface area contributed by atoms with Crippen LogP contribution in [0.25, 0.3) is 0 Å². The Morgan fingerprint density at radius 3 is 2.71 bits per heavy atom. The zero-order valence-corrected chi connectivity index (χ0v) is 18.5. The third-order valence-corrected chi connectivity index (χ3v) is 5.08. The molecule has 1 aliphatic heterocycles. The number of fused-ring (bicyclic) bond motifs is 1. The molecule has 0 aromatic heterocycles. The highest BCUT2D eigenvalue weighted by atomic mass is 127. The van der Waals surface area contributed by atoms with Crippen molar-refractivity contribution < 1.29 is 9.47 Å². The minimum Gasteiger partial charge on any atom is -0.493 e. The molecule has 1 fully saturated rings. The van der Waals surface area contributed by atoms with Gasteiger partial charge in [0.05, 0.1) is 19.3 Å². The van der Waals surface area contributed by atoms with Gasteiger partial charge in [-0.05, 0) is 30.9 Å². The van der Waals surface area contributed by atoms with E-state index in [4.69, 9.17) is 9.47 Å². The van der Waals surface area contributed by atoms with E-state index < -0.39 is 0 Å². The lowest BCUT2D eigenvalue weighted by Gasteiger charge is -2.28. The number of aliphatic imine (C=N–C) groups is 1. The molecule has 0 saturated heterocycles. The SMILES string of the molecule is CN=C(NCc1ccccc1OCC1CC1)NC1CCOc2ccccc21.I. The van der Waals surface area contributed by atoms with Gasteiger partial charge in [-0.15, -0.1) is 24.0 Å².